The van der Waals surface area contributed by atoms with E-state index in [1.54, 1.807) is 0 Å². The number of rotatable bonds is 2. The van der Waals surface area contributed by atoms with E-state index in [9.17, 15) is 18.0 Å². The maximum atomic E-state index is 12.2. The van der Waals surface area contributed by atoms with E-state index in [0.29, 0.717) is 0 Å². The first-order valence-electron chi connectivity index (χ1n) is 4.29. The zero-order valence-electron chi connectivity index (χ0n) is 8.50. The SMILES string of the molecule is Cc1ccc(SC(F)(F)F)c(C#N)c1C(=O)O. The molecule has 0 aliphatic carbocycles. The first-order valence-corrected chi connectivity index (χ1v) is 5.10. The number of aromatic carboxylic acids is 1. The number of alkyl halides is 3. The summed E-state index contributed by atoms with van der Waals surface area (Å²) in [5.74, 6) is -1.41. The highest BCUT2D eigenvalue weighted by atomic mass is 32.2. The summed E-state index contributed by atoms with van der Waals surface area (Å²) in [5.41, 5.74) is -5.15. The molecule has 0 fully saturated rings. The molecule has 1 N–H and O–H groups in total. The second-order valence-corrected chi connectivity index (χ2v) is 4.20. The van der Waals surface area contributed by atoms with Crippen molar-refractivity contribution in [3.63, 3.8) is 0 Å². The molecule has 0 spiro atoms. The summed E-state index contributed by atoms with van der Waals surface area (Å²) in [6.07, 6.45) is 0. The summed E-state index contributed by atoms with van der Waals surface area (Å²) in [4.78, 5) is 10.5. The molecule has 0 aromatic heterocycles. The van der Waals surface area contributed by atoms with E-state index in [4.69, 9.17) is 10.4 Å². The normalized spacial score (nSPS) is 11.0. The molecule has 0 radical (unpaired) electrons. The minimum absolute atomic E-state index is 0.251. The first kappa shape index (κ1) is 13.4. The summed E-state index contributed by atoms with van der Waals surface area (Å²) in [6, 6.07) is 3.85. The van der Waals surface area contributed by atoms with Gasteiger partial charge in [-0.15, -0.1) is 0 Å². The number of carboxylic acids is 1. The van der Waals surface area contributed by atoms with E-state index in [1.807, 2.05) is 0 Å². The molecule has 0 saturated heterocycles. The lowest BCUT2D eigenvalue weighted by molar-refractivity contribution is -0.0328. The number of halogens is 3. The van der Waals surface area contributed by atoms with Crippen molar-refractivity contribution in [1.82, 2.24) is 0 Å². The molecule has 0 atom stereocenters. The molecule has 1 aromatic carbocycles. The van der Waals surface area contributed by atoms with Gasteiger partial charge in [-0.1, -0.05) is 6.07 Å². The van der Waals surface area contributed by atoms with E-state index in [1.165, 1.54) is 19.1 Å². The van der Waals surface area contributed by atoms with Crippen LogP contribution in [0, 0.1) is 18.3 Å². The summed E-state index contributed by atoms with van der Waals surface area (Å²) in [6.45, 7) is 1.42. The fourth-order valence-corrected chi connectivity index (χ4v) is 1.92. The molecule has 1 rings (SSSR count). The third-order valence-corrected chi connectivity index (χ3v) is 2.72. The lowest BCUT2D eigenvalue weighted by Gasteiger charge is -2.10. The predicted octanol–water partition coefficient (Wildman–Crippen LogP) is 3.18. The number of nitrogens with zero attached hydrogens (tertiary/aromatic N) is 1. The maximum absolute atomic E-state index is 12.2. The zero-order valence-corrected chi connectivity index (χ0v) is 9.32. The molecule has 17 heavy (non-hydrogen) atoms. The lowest BCUT2D eigenvalue weighted by atomic mass is 10.0. The fourth-order valence-electron chi connectivity index (χ4n) is 1.28. The highest BCUT2D eigenvalue weighted by molar-refractivity contribution is 8.00. The Labute approximate surface area is 98.9 Å². The minimum atomic E-state index is -4.56. The second-order valence-electron chi connectivity index (χ2n) is 3.10. The van der Waals surface area contributed by atoms with Crippen LogP contribution in [0.3, 0.4) is 0 Å². The molecule has 0 saturated carbocycles. The third kappa shape index (κ3) is 3.14. The van der Waals surface area contributed by atoms with Gasteiger partial charge in [0.2, 0.25) is 0 Å². The molecule has 0 bridgehead atoms. The number of carbonyl (C=O) groups is 1. The van der Waals surface area contributed by atoms with Gasteiger partial charge in [0.25, 0.3) is 0 Å². The number of carboxylic acid groups (broad SMARTS) is 1. The number of hydrogen-bond acceptors (Lipinski definition) is 3. The van der Waals surface area contributed by atoms with Crippen LogP contribution < -0.4 is 0 Å². The Kier molecular flexibility index (Phi) is 3.68. The Morgan fingerprint density at radius 1 is 1.47 bits per heavy atom. The highest BCUT2D eigenvalue weighted by Gasteiger charge is 2.32. The third-order valence-electron chi connectivity index (χ3n) is 1.93. The number of thioether (sulfide) groups is 1. The van der Waals surface area contributed by atoms with Gasteiger partial charge in [0.1, 0.15) is 6.07 Å². The molecule has 0 aliphatic heterocycles. The molecule has 0 heterocycles. The number of hydrogen-bond donors (Lipinski definition) is 1. The Hall–Kier alpha value is -1.68. The van der Waals surface area contributed by atoms with Gasteiger partial charge in [-0.3, -0.25) is 0 Å². The van der Waals surface area contributed by atoms with Crippen LogP contribution in [-0.2, 0) is 0 Å². The topological polar surface area (TPSA) is 61.1 Å². The monoisotopic (exact) mass is 261 g/mol. The second kappa shape index (κ2) is 4.67. The average molecular weight is 261 g/mol. The van der Waals surface area contributed by atoms with Crippen LogP contribution in [0.25, 0.3) is 0 Å². The van der Waals surface area contributed by atoms with Gasteiger partial charge < -0.3 is 5.11 Å². The van der Waals surface area contributed by atoms with Crippen molar-refractivity contribution in [2.45, 2.75) is 17.3 Å². The van der Waals surface area contributed by atoms with Gasteiger partial charge in [0, 0.05) is 4.90 Å². The van der Waals surface area contributed by atoms with Crippen LogP contribution in [0.4, 0.5) is 13.2 Å². The number of benzene rings is 1. The predicted molar refractivity (Wildman–Crippen MR) is 54.8 cm³/mol. The molecule has 90 valence electrons. The molecule has 3 nitrogen and oxygen atoms in total. The quantitative estimate of drug-likeness (QED) is 0.830. The summed E-state index contributed by atoms with van der Waals surface area (Å²) >= 11 is -0.494. The van der Waals surface area contributed by atoms with Crippen molar-refractivity contribution in [3.8, 4) is 6.07 Å². The van der Waals surface area contributed by atoms with E-state index < -0.39 is 33.7 Å². The first-order chi connectivity index (χ1) is 7.76. The van der Waals surface area contributed by atoms with Gasteiger partial charge >= 0.3 is 11.5 Å². The van der Waals surface area contributed by atoms with Crippen LogP contribution in [-0.4, -0.2) is 16.6 Å². The van der Waals surface area contributed by atoms with Gasteiger partial charge in [-0.05, 0) is 30.3 Å². The molecule has 7 heteroatoms. The van der Waals surface area contributed by atoms with Crippen LogP contribution in [0.5, 0.6) is 0 Å². The molecule has 0 aliphatic rings. The molecular formula is C10H6F3NO2S. The van der Waals surface area contributed by atoms with E-state index in [0.717, 1.165) is 6.07 Å². The van der Waals surface area contributed by atoms with Gasteiger partial charge in [0.05, 0.1) is 11.1 Å². The van der Waals surface area contributed by atoms with Gasteiger partial charge in [0.15, 0.2) is 0 Å². The molecule has 1 aromatic rings. The minimum Gasteiger partial charge on any atom is -0.478 e. The smallest absolute Gasteiger partial charge is 0.446 e. The maximum Gasteiger partial charge on any atom is 0.446 e. The summed E-state index contributed by atoms with van der Waals surface area (Å²) < 4.78 is 36.6. The van der Waals surface area contributed by atoms with Crippen molar-refractivity contribution in [2.24, 2.45) is 0 Å². The van der Waals surface area contributed by atoms with Crippen molar-refractivity contribution in [2.75, 3.05) is 0 Å². The molecular weight excluding hydrogens is 255 g/mol. The van der Waals surface area contributed by atoms with Gasteiger partial charge in [-0.2, -0.15) is 18.4 Å². The van der Waals surface area contributed by atoms with Crippen LogP contribution >= 0.6 is 11.8 Å². The number of nitriles is 1. The molecule has 0 unspecified atom stereocenters. The van der Waals surface area contributed by atoms with Crippen molar-refractivity contribution in [1.29, 1.82) is 5.26 Å². The Morgan fingerprint density at radius 2 is 2.06 bits per heavy atom. The standard InChI is InChI=1S/C10H6F3NO2S/c1-5-2-3-7(17-10(11,12)13)6(4-14)8(5)9(15)16/h2-3H,1H3,(H,15,16). The highest BCUT2D eigenvalue weighted by Crippen LogP contribution is 2.39. The Bertz CT molecular complexity index is 505. The molecule has 0 amide bonds. The van der Waals surface area contributed by atoms with Crippen molar-refractivity contribution in [3.05, 3.63) is 28.8 Å². The fraction of sp³-hybridized carbons (Fsp3) is 0.200. The van der Waals surface area contributed by atoms with E-state index in [-0.39, 0.29) is 11.1 Å². The van der Waals surface area contributed by atoms with Crippen LogP contribution in [0.2, 0.25) is 0 Å². The number of aryl methyl sites for hydroxylation is 1. The largest absolute Gasteiger partial charge is 0.478 e. The van der Waals surface area contributed by atoms with E-state index in [2.05, 4.69) is 0 Å². The van der Waals surface area contributed by atoms with E-state index >= 15 is 0 Å². The van der Waals surface area contributed by atoms with Crippen LogP contribution in [0.1, 0.15) is 21.5 Å². The Balaban J connectivity index is 3.40. The van der Waals surface area contributed by atoms with Crippen LogP contribution in [0.15, 0.2) is 17.0 Å². The summed E-state index contributed by atoms with van der Waals surface area (Å²) in [7, 11) is 0. The lowest BCUT2D eigenvalue weighted by Crippen LogP contribution is -2.07. The van der Waals surface area contributed by atoms with Crippen molar-refractivity contribution >= 4 is 17.7 Å². The Morgan fingerprint density at radius 3 is 2.47 bits per heavy atom. The average Bonchev–Trinajstić information content (AvgIpc) is 2.17. The summed E-state index contributed by atoms with van der Waals surface area (Å²) in [5, 5.41) is 17.6. The van der Waals surface area contributed by atoms with Gasteiger partial charge in [-0.25, -0.2) is 4.79 Å². The van der Waals surface area contributed by atoms with Crippen molar-refractivity contribution < 1.29 is 23.1 Å². The zero-order chi connectivity index (χ0) is 13.2.